The molecule has 0 spiro atoms. The lowest BCUT2D eigenvalue weighted by atomic mass is 9.93. The summed E-state index contributed by atoms with van der Waals surface area (Å²) in [7, 11) is 0. The Morgan fingerprint density at radius 3 is 2.59 bits per heavy atom. The van der Waals surface area contributed by atoms with Crippen molar-refractivity contribution < 1.29 is 9.53 Å². The highest BCUT2D eigenvalue weighted by Crippen LogP contribution is 2.34. The van der Waals surface area contributed by atoms with Gasteiger partial charge >= 0.3 is 0 Å². The summed E-state index contributed by atoms with van der Waals surface area (Å²) in [4.78, 5) is 13.4. The van der Waals surface area contributed by atoms with Crippen molar-refractivity contribution in [2.45, 2.75) is 39.7 Å². The van der Waals surface area contributed by atoms with Crippen LogP contribution < -0.4 is 20.7 Å². The first-order chi connectivity index (χ1) is 13.9. The van der Waals surface area contributed by atoms with E-state index in [4.69, 9.17) is 17.0 Å². The Labute approximate surface area is 177 Å². The first-order valence-electron chi connectivity index (χ1n) is 9.82. The quantitative estimate of drug-likeness (QED) is 0.607. The van der Waals surface area contributed by atoms with E-state index in [1.165, 1.54) is 0 Å². The molecule has 0 unspecified atom stereocenters. The van der Waals surface area contributed by atoms with Gasteiger partial charge in [0.05, 0.1) is 18.2 Å². The summed E-state index contributed by atoms with van der Waals surface area (Å²) in [5, 5.41) is 9.90. The van der Waals surface area contributed by atoms with E-state index in [0.29, 0.717) is 23.2 Å². The zero-order chi connectivity index (χ0) is 21.0. The van der Waals surface area contributed by atoms with Gasteiger partial charge < -0.3 is 20.7 Å². The van der Waals surface area contributed by atoms with E-state index >= 15 is 0 Å². The number of hydrogen-bond donors (Lipinski definition) is 3. The zero-order valence-corrected chi connectivity index (χ0v) is 18.0. The maximum atomic E-state index is 13.4. The van der Waals surface area contributed by atoms with Gasteiger partial charge in [-0.3, -0.25) is 4.79 Å². The van der Waals surface area contributed by atoms with Crippen molar-refractivity contribution >= 4 is 28.9 Å². The van der Waals surface area contributed by atoms with Crippen molar-refractivity contribution in [3.8, 4) is 5.75 Å². The average molecular weight is 410 g/mol. The fourth-order valence-electron chi connectivity index (χ4n) is 3.54. The van der Waals surface area contributed by atoms with Crippen LogP contribution in [0.3, 0.4) is 0 Å². The number of ether oxygens (including phenoxy) is 1. The van der Waals surface area contributed by atoms with Gasteiger partial charge in [0, 0.05) is 16.9 Å². The van der Waals surface area contributed by atoms with Gasteiger partial charge in [-0.2, -0.15) is 0 Å². The molecular formula is C23H27N3O2S. The molecule has 152 valence electrons. The smallest absolute Gasteiger partial charge is 0.255 e. The predicted molar refractivity (Wildman–Crippen MR) is 121 cm³/mol. The Hall–Kier alpha value is -2.86. The molecule has 0 aliphatic carbocycles. The number of rotatable bonds is 6. The van der Waals surface area contributed by atoms with Crippen molar-refractivity contribution in [1.29, 1.82) is 0 Å². The van der Waals surface area contributed by atoms with E-state index in [1.54, 1.807) is 0 Å². The van der Waals surface area contributed by atoms with Crippen LogP contribution in [0.25, 0.3) is 0 Å². The van der Waals surface area contributed by atoms with Crippen LogP contribution in [0, 0.1) is 0 Å². The molecule has 0 saturated carbocycles. The van der Waals surface area contributed by atoms with Gasteiger partial charge in [0.25, 0.3) is 5.91 Å². The minimum Gasteiger partial charge on any atom is -0.494 e. The third kappa shape index (κ3) is 4.59. The van der Waals surface area contributed by atoms with Crippen LogP contribution in [-0.4, -0.2) is 17.6 Å². The normalized spacial score (nSPS) is 16.3. The molecule has 1 aliphatic heterocycles. The summed E-state index contributed by atoms with van der Waals surface area (Å²) in [6, 6.07) is 15.2. The van der Waals surface area contributed by atoms with Crippen LogP contribution in [0.4, 0.5) is 5.69 Å². The third-order valence-corrected chi connectivity index (χ3v) is 5.09. The number of carbonyl (C=O) groups excluding carboxylic acids is 1. The molecule has 1 heterocycles. The fourth-order valence-corrected chi connectivity index (χ4v) is 3.81. The summed E-state index contributed by atoms with van der Waals surface area (Å²) in [6.45, 7) is 8.57. The lowest BCUT2D eigenvalue weighted by molar-refractivity contribution is -0.113. The molecule has 29 heavy (non-hydrogen) atoms. The molecule has 3 rings (SSSR count). The highest BCUT2D eigenvalue weighted by molar-refractivity contribution is 7.80. The summed E-state index contributed by atoms with van der Waals surface area (Å²) < 4.78 is 5.80. The minimum atomic E-state index is -0.405. The first kappa shape index (κ1) is 20.9. The number of hydrogen-bond acceptors (Lipinski definition) is 3. The monoisotopic (exact) mass is 409 g/mol. The number of amides is 1. The van der Waals surface area contributed by atoms with E-state index in [0.717, 1.165) is 28.3 Å². The number of thiocarbonyl (C=S) groups is 1. The molecule has 1 atom stereocenters. The standard InChI is InChI=1S/C23H27N3O2S/c1-5-28-19-13-9-7-11-17(19)21-20(15(4)24-23(29)26-21)22(27)25-18-12-8-6-10-16(18)14(2)3/h6-14,21H,5H2,1-4H3,(H,25,27)(H2,24,26,29)/t21-/m0/s1. The lowest BCUT2D eigenvalue weighted by Crippen LogP contribution is -2.45. The number of benzene rings is 2. The lowest BCUT2D eigenvalue weighted by Gasteiger charge is -2.31. The van der Waals surface area contributed by atoms with Crippen molar-refractivity contribution in [3.63, 3.8) is 0 Å². The summed E-state index contributed by atoms with van der Waals surface area (Å²) >= 11 is 5.36. The molecule has 0 saturated heterocycles. The van der Waals surface area contributed by atoms with Crippen LogP contribution in [-0.2, 0) is 4.79 Å². The molecule has 3 N–H and O–H groups in total. The van der Waals surface area contributed by atoms with Gasteiger partial charge in [-0.1, -0.05) is 50.2 Å². The van der Waals surface area contributed by atoms with Crippen LogP contribution in [0.5, 0.6) is 5.75 Å². The molecule has 2 aromatic rings. The van der Waals surface area contributed by atoms with E-state index < -0.39 is 6.04 Å². The second-order valence-electron chi connectivity index (χ2n) is 7.24. The number of carbonyl (C=O) groups is 1. The molecule has 0 bridgehead atoms. The molecule has 1 aliphatic rings. The van der Waals surface area contributed by atoms with Crippen LogP contribution in [0.1, 0.15) is 50.8 Å². The Morgan fingerprint density at radius 2 is 1.86 bits per heavy atom. The Bertz CT molecular complexity index is 953. The van der Waals surface area contributed by atoms with Crippen LogP contribution in [0.15, 0.2) is 59.8 Å². The summed E-state index contributed by atoms with van der Waals surface area (Å²) in [5.74, 6) is 0.860. The zero-order valence-electron chi connectivity index (χ0n) is 17.2. The fraction of sp³-hybridized carbons (Fsp3) is 0.304. The van der Waals surface area contributed by atoms with Crippen molar-refractivity contribution in [2.24, 2.45) is 0 Å². The maximum absolute atomic E-state index is 13.4. The highest BCUT2D eigenvalue weighted by atomic mass is 32.1. The summed E-state index contributed by atoms with van der Waals surface area (Å²) in [5.41, 5.74) is 4.10. The molecule has 0 fully saturated rings. The van der Waals surface area contributed by atoms with Crippen LogP contribution >= 0.6 is 12.2 Å². The van der Waals surface area contributed by atoms with Crippen LogP contribution in [0.2, 0.25) is 0 Å². The molecule has 5 nitrogen and oxygen atoms in total. The number of anilines is 1. The predicted octanol–water partition coefficient (Wildman–Crippen LogP) is 4.64. The topological polar surface area (TPSA) is 62.4 Å². The Balaban J connectivity index is 2.00. The van der Waals surface area contributed by atoms with E-state index in [2.05, 4.69) is 29.8 Å². The highest BCUT2D eigenvalue weighted by Gasteiger charge is 2.32. The number of para-hydroxylation sites is 2. The molecule has 2 aromatic carbocycles. The summed E-state index contributed by atoms with van der Waals surface area (Å²) in [6.07, 6.45) is 0. The largest absolute Gasteiger partial charge is 0.494 e. The molecule has 0 radical (unpaired) electrons. The first-order valence-corrected chi connectivity index (χ1v) is 10.2. The maximum Gasteiger partial charge on any atom is 0.255 e. The average Bonchev–Trinajstić information content (AvgIpc) is 2.68. The Kier molecular flexibility index (Phi) is 6.54. The van der Waals surface area contributed by atoms with E-state index in [9.17, 15) is 4.79 Å². The SMILES string of the molecule is CCOc1ccccc1[C@@H]1NC(=S)NC(C)=C1C(=O)Nc1ccccc1C(C)C. The van der Waals surface area contributed by atoms with Crippen molar-refractivity contribution in [3.05, 3.63) is 70.9 Å². The molecule has 6 heteroatoms. The number of allylic oxidation sites excluding steroid dienone is 1. The second-order valence-corrected chi connectivity index (χ2v) is 7.65. The number of nitrogens with one attached hydrogen (secondary N) is 3. The second kappa shape index (κ2) is 9.09. The van der Waals surface area contributed by atoms with E-state index in [1.807, 2.05) is 62.4 Å². The van der Waals surface area contributed by atoms with Gasteiger partial charge in [-0.15, -0.1) is 0 Å². The Morgan fingerprint density at radius 1 is 1.17 bits per heavy atom. The van der Waals surface area contributed by atoms with Gasteiger partial charge in [-0.05, 0) is 49.7 Å². The minimum absolute atomic E-state index is 0.172. The van der Waals surface area contributed by atoms with Crippen molar-refractivity contribution in [2.75, 3.05) is 11.9 Å². The molecular weight excluding hydrogens is 382 g/mol. The van der Waals surface area contributed by atoms with Gasteiger partial charge in [0.15, 0.2) is 5.11 Å². The van der Waals surface area contributed by atoms with Gasteiger partial charge in [0.2, 0.25) is 0 Å². The molecule has 0 aromatic heterocycles. The van der Waals surface area contributed by atoms with E-state index in [-0.39, 0.29) is 5.91 Å². The van der Waals surface area contributed by atoms with Gasteiger partial charge in [0.1, 0.15) is 5.75 Å². The molecule has 1 amide bonds. The van der Waals surface area contributed by atoms with Crippen molar-refractivity contribution in [1.82, 2.24) is 10.6 Å². The van der Waals surface area contributed by atoms with Gasteiger partial charge in [-0.25, -0.2) is 0 Å². The third-order valence-electron chi connectivity index (χ3n) is 4.87.